The Labute approximate surface area is 131 Å². The zero-order chi connectivity index (χ0) is 16.3. The molecule has 0 saturated heterocycles. The van der Waals surface area contributed by atoms with Crippen LogP contribution >= 0.6 is 0 Å². The molecule has 0 aliphatic heterocycles. The van der Waals surface area contributed by atoms with E-state index in [1.165, 1.54) is 0 Å². The van der Waals surface area contributed by atoms with Crippen molar-refractivity contribution in [1.82, 2.24) is 9.78 Å². The third-order valence-corrected chi connectivity index (χ3v) is 3.99. The third kappa shape index (κ3) is 3.54. The van der Waals surface area contributed by atoms with Gasteiger partial charge in [0.1, 0.15) is 0 Å². The molecule has 22 heavy (non-hydrogen) atoms. The summed E-state index contributed by atoms with van der Waals surface area (Å²) < 4.78 is 1.85. The minimum Gasteiger partial charge on any atom is -0.392 e. The highest BCUT2D eigenvalue weighted by Gasteiger charge is 2.18. The molecule has 118 valence electrons. The van der Waals surface area contributed by atoms with Gasteiger partial charge in [-0.15, -0.1) is 0 Å². The molecule has 0 bridgehead atoms. The number of aryl methyl sites for hydroxylation is 2. The molecule has 0 radical (unpaired) electrons. The molecule has 2 N–H and O–H groups in total. The molecule has 5 heteroatoms. The van der Waals surface area contributed by atoms with Gasteiger partial charge in [0.2, 0.25) is 5.91 Å². The van der Waals surface area contributed by atoms with E-state index in [-0.39, 0.29) is 18.4 Å². The predicted octanol–water partition coefficient (Wildman–Crippen LogP) is 2.35. The first-order valence-corrected chi connectivity index (χ1v) is 7.42. The van der Waals surface area contributed by atoms with Gasteiger partial charge >= 0.3 is 0 Å². The van der Waals surface area contributed by atoms with Crippen LogP contribution in [0.3, 0.4) is 0 Å². The fraction of sp³-hybridized carbons (Fsp3) is 0.412. The van der Waals surface area contributed by atoms with Gasteiger partial charge in [0.25, 0.3) is 0 Å². The maximum Gasteiger partial charge on any atom is 0.227 e. The van der Waals surface area contributed by atoms with E-state index >= 15 is 0 Å². The topological polar surface area (TPSA) is 67.2 Å². The summed E-state index contributed by atoms with van der Waals surface area (Å²) in [4.78, 5) is 12.3. The second-order valence-corrected chi connectivity index (χ2v) is 5.73. The van der Waals surface area contributed by atoms with Crippen LogP contribution in [0.4, 0.5) is 5.69 Å². The van der Waals surface area contributed by atoms with Crippen LogP contribution in [0.2, 0.25) is 0 Å². The van der Waals surface area contributed by atoms with Crippen molar-refractivity contribution in [3.8, 4) is 0 Å². The molecule has 1 unspecified atom stereocenters. The zero-order valence-electron chi connectivity index (χ0n) is 13.6. The number of nitrogens with zero attached hydrogens (tertiary/aromatic N) is 2. The summed E-state index contributed by atoms with van der Waals surface area (Å²) in [5.41, 5.74) is 4.70. The van der Waals surface area contributed by atoms with Gasteiger partial charge < -0.3 is 10.4 Å². The van der Waals surface area contributed by atoms with Gasteiger partial charge in [-0.3, -0.25) is 9.48 Å². The minimum atomic E-state index is -0.153. The monoisotopic (exact) mass is 301 g/mol. The maximum atomic E-state index is 12.3. The second-order valence-electron chi connectivity index (χ2n) is 5.73. The van der Waals surface area contributed by atoms with Gasteiger partial charge in [-0.2, -0.15) is 5.10 Å². The highest BCUT2D eigenvalue weighted by atomic mass is 16.3. The number of nitrogens with one attached hydrogen (secondary N) is 1. The molecule has 0 saturated carbocycles. The average Bonchev–Trinajstić information content (AvgIpc) is 2.73. The number of anilines is 1. The molecule has 1 amide bonds. The highest BCUT2D eigenvalue weighted by Crippen LogP contribution is 2.18. The van der Waals surface area contributed by atoms with Crippen molar-refractivity contribution in [2.24, 2.45) is 13.0 Å². The fourth-order valence-corrected chi connectivity index (χ4v) is 2.52. The number of aliphatic hydroxyl groups is 1. The predicted molar refractivity (Wildman–Crippen MR) is 86.5 cm³/mol. The van der Waals surface area contributed by atoms with Crippen molar-refractivity contribution in [2.75, 3.05) is 5.32 Å². The summed E-state index contributed by atoms with van der Waals surface area (Å²) in [6, 6.07) is 7.25. The Hall–Kier alpha value is -2.14. The van der Waals surface area contributed by atoms with Gasteiger partial charge in [-0.1, -0.05) is 19.1 Å². The normalized spacial score (nSPS) is 12.2. The Morgan fingerprint density at radius 2 is 2.14 bits per heavy atom. The van der Waals surface area contributed by atoms with E-state index in [0.717, 1.165) is 22.5 Å². The van der Waals surface area contributed by atoms with Crippen molar-refractivity contribution in [3.05, 3.63) is 46.8 Å². The summed E-state index contributed by atoms with van der Waals surface area (Å²) in [6.45, 7) is 5.87. The molecule has 1 aromatic heterocycles. The molecule has 0 spiro atoms. The summed E-state index contributed by atoms with van der Waals surface area (Å²) >= 11 is 0. The fourth-order valence-electron chi connectivity index (χ4n) is 2.52. The Kier molecular flexibility index (Phi) is 4.98. The number of carbonyl (C=O) groups is 1. The number of aromatic nitrogens is 2. The molecule has 2 rings (SSSR count). The molecule has 0 aliphatic rings. The first-order chi connectivity index (χ1) is 10.4. The number of rotatable bonds is 5. The number of aliphatic hydroxyl groups excluding tert-OH is 1. The molecule has 1 heterocycles. The van der Waals surface area contributed by atoms with Crippen LogP contribution in [-0.2, 0) is 24.9 Å². The lowest BCUT2D eigenvalue weighted by Crippen LogP contribution is -2.22. The largest absolute Gasteiger partial charge is 0.392 e. The van der Waals surface area contributed by atoms with Crippen LogP contribution in [0, 0.1) is 19.8 Å². The lowest BCUT2D eigenvalue weighted by Gasteiger charge is -2.13. The molecule has 0 fully saturated rings. The van der Waals surface area contributed by atoms with Gasteiger partial charge in [0, 0.05) is 24.3 Å². The van der Waals surface area contributed by atoms with E-state index in [1.54, 1.807) is 6.07 Å². The summed E-state index contributed by atoms with van der Waals surface area (Å²) in [7, 11) is 1.91. The Balaban J connectivity index is 2.05. The molecule has 1 aromatic carbocycles. The van der Waals surface area contributed by atoms with Crippen molar-refractivity contribution in [1.29, 1.82) is 0 Å². The van der Waals surface area contributed by atoms with E-state index in [9.17, 15) is 4.79 Å². The van der Waals surface area contributed by atoms with E-state index in [4.69, 9.17) is 5.11 Å². The number of hydrogen-bond acceptors (Lipinski definition) is 3. The number of hydrogen-bond donors (Lipinski definition) is 2. The average molecular weight is 301 g/mol. The van der Waals surface area contributed by atoms with Crippen molar-refractivity contribution in [2.45, 2.75) is 33.8 Å². The summed E-state index contributed by atoms with van der Waals surface area (Å²) in [5, 5.41) is 16.4. The third-order valence-electron chi connectivity index (χ3n) is 3.99. The van der Waals surface area contributed by atoms with Gasteiger partial charge in [0.05, 0.1) is 12.3 Å². The van der Waals surface area contributed by atoms with Crippen molar-refractivity contribution < 1.29 is 9.90 Å². The molecule has 2 aromatic rings. The summed E-state index contributed by atoms with van der Waals surface area (Å²) in [5.74, 6) is -0.183. The van der Waals surface area contributed by atoms with Crippen molar-refractivity contribution in [3.63, 3.8) is 0 Å². The van der Waals surface area contributed by atoms with Crippen molar-refractivity contribution >= 4 is 11.6 Å². The first kappa shape index (κ1) is 16.2. The maximum absolute atomic E-state index is 12.3. The van der Waals surface area contributed by atoms with Gasteiger partial charge in [0.15, 0.2) is 0 Å². The quantitative estimate of drug-likeness (QED) is 0.891. The number of amides is 1. The lowest BCUT2D eigenvalue weighted by atomic mass is 9.98. The number of carbonyl (C=O) groups excluding carboxylic acids is 1. The highest BCUT2D eigenvalue weighted by molar-refractivity contribution is 5.92. The smallest absolute Gasteiger partial charge is 0.227 e. The van der Waals surface area contributed by atoms with Gasteiger partial charge in [-0.05, 0) is 43.5 Å². The molecular weight excluding hydrogens is 278 g/mol. The molecular formula is C17H23N3O2. The first-order valence-electron chi connectivity index (χ1n) is 7.42. The minimum absolute atomic E-state index is 0.0299. The Morgan fingerprint density at radius 3 is 2.73 bits per heavy atom. The summed E-state index contributed by atoms with van der Waals surface area (Å²) in [6.07, 6.45) is 0.664. The SMILES string of the molecule is Cc1nn(C)c(C)c1CC(C)C(=O)Nc1cccc(CO)c1. The van der Waals surface area contributed by atoms with E-state index in [0.29, 0.717) is 12.1 Å². The molecule has 0 aliphatic carbocycles. The lowest BCUT2D eigenvalue weighted by molar-refractivity contribution is -0.119. The van der Waals surface area contributed by atoms with Crippen LogP contribution < -0.4 is 5.32 Å². The zero-order valence-corrected chi connectivity index (χ0v) is 13.6. The molecule has 5 nitrogen and oxygen atoms in total. The van der Waals surface area contributed by atoms with Crippen LogP contribution in [0.15, 0.2) is 24.3 Å². The van der Waals surface area contributed by atoms with Crippen LogP contribution in [-0.4, -0.2) is 20.8 Å². The van der Waals surface area contributed by atoms with E-state index in [2.05, 4.69) is 10.4 Å². The standard InChI is InChI=1S/C17H23N3O2/c1-11(8-16-12(2)19-20(4)13(16)3)17(22)18-15-7-5-6-14(9-15)10-21/h5-7,9,11,21H,8,10H2,1-4H3,(H,18,22). The Morgan fingerprint density at radius 1 is 1.41 bits per heavy atom. The van der Waals surface area contributed by atoms with Crippen LogP contribution in [0.1, 0.15) is 29.4 Å². The van der Waals surface area contributed by atoms with Crippen LogP contribution in [0.5, 0.6) is 0 Å². The van der Waals surface area contributed by atoms with E-state index in [1.807, 2.05) is 50.7 Å². The Bertz CT molecular complexity index is 677. The van der Waals surface area contributed by atoms with E-state index < -0.39 is 0 Å². The molecule has 1 atom stereocenters. The van der Waals surface area contributed by atoms with Crippen LogP contribution in [0.25, 0.3) is 0 Å². The second kappa shape index (κ2) is 6.75. The number of benzene rings is 1. The van der Waals surface area contributed by atoms with Gasteiger partial charge in [-0.25, -0.2) is 0 Å².